The van der Waals surface area contributed by atoms with Gasteiger partial charge in [0, 0.05) is 12.5 Å². The molecule has 1 atom stereocenters. The molecule has 0 aromatic carbocycles. The highest BCUT2D eigenvalue weighted by atomic mass is 32.2. The van der Waals surface area contributed by atoms with Gasteiger partial charge in [0.1, 0.15) is 0 Å². The van der Waals surface area contributed by atoms with Gasteiger partial charge in [-0.05, 0) is 18.3 Å². The van der Waals surface area contributed by atoms with E-state index < -0.39 is 9.84 Å². The van der Waals surface area contributed by atoms with Crippen molar-refractivity contribution < 1.29 is 8.42 Å². The third-order valence-electron chi connectivity index (χ3n) is 1.47. The van der Waals surface area contributed by atoms with Crippen LogP contribution >= 0.6 is 12.2 Å². The molecule has 12 heavy (non-hydrogen) atoms. The van der Waals surface area contributed by atoms with Crippen LogP contribution < -0.4 is 10.6 Å². The number of hydrogen-bond donors (Lipinski definition) is 2. The monoisotopic (exact) mass is 206 g/mol. The van der Waals surface area contributed by atoms with Gasteiger partial charge in [-0.2, -0.15) is 0 Å². The summed E-state index contributed by atoms with van der Waals surface area (Å²) in [5.41, 5.74) is 0. The summed E-state index contributed by atoms with van der Waals surface area (Å²) in [5.74, 6) is 0.0921. The van der Waals surface area contributed by atoms with Crippen LogP contribution in [0.25, 0.3) is 0 Å². The van der Waals surface area contributed by atoms with Crippen molar-refractivity contribution in [2.75, 3.05) is 12.8 Å². The van der Waals surface area contributed by atoms with Crippen LogP contribution in [0.2, 0.25) is 0 Å². The lowest BCUT2D eigenvalue weighted by Crippen LogP contribution is -2.40. The van der Waals surface area contributed by atoms with E-state index in [4.69, 9.17) is 12.2 Å². The molecule has 0 aliphatic carbocycles. The Kier molecular flexibility index (Phi) is 2.69. The van der Waals surface area contributed by atoms with E-state index >= 15 is 0 Å². The fourth-order valence-electron chi connectivity index (χ4n) is 0.906. The van der Waals surface area contributed by atoms with E-state index in [0.29, 0.717) is 5.11 Å². The standard InChI is InChI=1S/C6H10N2O2S2/c1-7-6(11)8-5-2-3-12(9,10)4-5/h2-3,5H,4H2,1H3,(H2,7,8,11)/t5-/m0/s1. The normalized spacial score (nSPS) is 25.2. The highest BCUT2D eigenvalue weighted by Gasteiger charge is 2.21. The molecule has 0 bridgehead atoms. The van der Waals surface area contributed by atoms with Gasteiger partial charge < -0.3 is 10.6 Å². The predicted molar refractivity (Wildman–Crippen MR) is 51.5 cm³/mol. The molecule has 0 amide bonds. The summed E-state index contributed by atoms with van der Waals surface area (Å²) >= 11 is 4.82. The minimum absolute atomic E-state index is 0.0921. The molecule has 68 valence electrons. The third kappa shape index (κ3) is 2.46. The Balaban J connectivity index is 2.51. The molecule has 4 nitrogen and oxygen atoms in total. The Morgan fingerprint density at radius 1 is 1.67 bits per heavy atom. The fourth-order valence-corrected chi connectivity index (χ4v) is 2.29. The second-order valence-electron chi connectivity index (χ2n) is 2.49. The Morgan fingerprint density at radius 3 is 2.75 bits per heavy atom. The summed E-state index contributed by atoms with van der Waals surface area (Å²) in [7, 11) is -1.30. The Labute approximate surface area is 77.0 Å². The Bertz CT molecular complexity index is 308. The van der Waals surface area contributed by atoms with Crippen molar-refractivity contribution in [3.63, 3.8) is 0 Å². The number of hydrogen-bond acceptors (Lipinski definition) is 3. The van der Waals surface area contributed by atoms with Crippen LogP contribution in [0.3, 0.4) is 0 Å². The number of sulfone groups is 1. The summed E-state index contributed by atoms with van der Waals surface area (Å²) in [6.07, 6.45) is 1.60. The molecular formula is C6H10N2O2S2. The smallest absolute Gasteiger partial charge is 0.173 e. The van der Waals surface area contributed by atoms with Crippen molar-refractivity contribution in [2.45, 2.75) is 6.04 Å². The van der Waals surface area contributed by atoms with Gasteiger partial charge in [-0.3, -0.25) is 0 Å². The van der Waals surface area contributed by atoms with E-state index in [9.17, 15) is 8.42 Å². The van der Waals surface area contributed by atoms with E-state index in [-0.39, 0.29) is 11.8 Å². The van der Waals surface area contributed by atoms with Crippen molar-refractivity contribution >= 4 is 27.2 Å². The molecule has 6 heteroatoms. The van der Waals surface area contributed by atoms with Gasteiger partial charge in [0.2, 0.25) is 0 Å². The van der Waals surface area contributed by atoms with Gasteiger partial charge in [-0.25, -0.2) is 8.42 Å². The molecule has 0 unspecified atom stereocenters. The zero-order chi connectivity index (χ0) is 9.19. The zero-order valence-corrected chi connectivity index (χ0v) is 8.21. The molecule has 0 radical (unpaired) electrons. The van der Waals surface area contributed by atoms with Crippen LogP contribution in [0.5, 0.6) is 0 Å². The van der Waals surface area contributed by atoms with Crippen molar-refractivity contribution in [3.8, 4) is 0 Å². The van der Waals surface area contributed by atoms with E-state index in [1.807, 2.05) is 0 Å². The summed E-state index contributed by atoms with van der Waals surface area (Å²) in [5, 5.41) is 7.22. The first-order valence-corrected chi connectivity index (χ1v) is 5.55. The maximum atomic E-state index is 10.9. The van der Waals surface area contributed by atoms with Crippen molar-refractivity contribution in [2.24, 2.45) is 0 Å². The second-order valence-corrected chi connectivity index (χ2v) is 4.83. The summed E-state index contributed by atoms with van der Waals surface area (Å²) < 4.78 is 21.8. The molecular weight excluding hydrogens is 196 g/mol. The quantitative estimate of drug-likeness (QED) is 0.561. The van der Waals surface area contributed by atoms with Crippen molar-refractivity contribution in [1.82, 2.24) is 10.6 Å². The van der Waals surface area contributed by atoms with Gasteiger partial charge in [0.15, 0.2) is 14.9 Å². The minimum Gasteiger partial charge on any atom is -0.366 e. The average molecular weight is 206 g/mol. The molecule has 0 saturated carbocycles. The second kappa shape index (κ2) is 3.40. The highest BCUT2D eigenvalue weighted by Crippen LogP contribution is 2.07. The van der Waals surface area contributed by atoms with Crippen LogP contribution in [0.1, 0.15) is 0 Å². The lowest BCUT2D eigenvalue weighted by molar-refractivity contribution is 0.602. The lowest BCUT2D eigenvalue weighted by atomic mass is 10.3. The van der Waals surface area contributed by atoms with Crippen LogP contribution in [0.15, 0.2) is 11.5 Å². The van der Waals surface area contributed by atoms with Crippen molar-refractivity contribution in [1.29, 1.82) is 0 Å². The van der Waals surface area contributed by atoms with Crippen LogP contribution in [-0.2, 0) is 9.84 Å². The number of nitrogens with one attached hydrogen (secondary N) is 2. The largest absolute Gasteiger partial charge is 0.366 e. The van der Waals surface area contributed by atoms with Gasteiger partial charge in [-0.1, -0.05) is 0 Å². The fraction of sp³-hybridized carbons (Fsp3) is 0.500. The minimum atomic E-state index is -2.98. The van der Waals surface area contributed by atoms with Crippen molar-refractivity contribution in [3.05, 3.63) is 11.5 Å². The van der Waals surface area contributed by atoms with Gasteiger partial charge in [0.05, 0.1) is 11.8 Å². The topological polar surface area (TPSA) is 58.2 Å². The SMILES string of the molecule is CNC(=S)N[C@H]1C=CS(=O)(=O)C1. The van der Waals surface area contributed by atoms with E-state index in [0.717, 1.165) is 0 Å². The van der Waals surface area contributed by atoms with Gasteiger partial charge in [0.25, 0.3) is 0 Å². The summed E-state index contributed by atoms with van der Waals surface area (Å²) in [4.78, 5) is 0. The molecule has 0 saturated heterocycles. The lowest BCUT2D eigenvalue weighted by Gasteiger charge is -2.10. The van der Waals surface area contributed by atoms with Crippen LogP contribution in [-0.4, -0.2) is 32.4 Å². The molecule has 1 aliphatic heterocycles. The van der Waals surface area contributed by atoms with Gasteiger partial charge in [-0.15, -0.1) is 0 Å². The predicted octanol–water partition coefficient (Wildman–Crippen LogP) is -0.609. The molecule has 1 heterocycles. The van der Waals surface area contributed by atoms with Crippen LogP contribution in [0, 0.1) is 0 Å². The van der Waals surface area contributed by atoms with Gasteiger partial charge >= 0.3 is 0 Å². The third-order valence-corrected chi connectivity index (χ3v) is 3.19. The molecule has 1 rings (SSSR count). The first-order chi connectivity index (χ1) is 5.53. The first kappa shape index (κ1) is 9.47. The van der Waals surface area contributed by atoms with E-state index in [1.165, 1.54) is 5.41 Å². The van der Waals surface area contributed by atoms with E-state index in [2.05, 4.69) is 10.6 Å². The number of thiocarbonyl (C=S) groups is 1. The average Bonchev–Trinajstić information content (AvgIpc) is 2.30. The Hall–Kier alpha value is -0.620. The molecule has 0 aromatic rings. The highest BCUT2D eigenvalue weighted by molar-refractivity contribution is 7.94. The molecule has 0 fully saturated rings. The molecule has 1 aliphatic rings. The Morgan fingerprint density at radius 2 is 2.33 bits per heavy atom. The summed E-state index contributed by atoms with van der Waals surface area (Å²) in [6.45, 7) is 0. The molecule has 0 spiro atoms. The van der Waals surface area contributed by atoms with E-state index in [1.54, 1.807) is 13.1 Å². The zero-order valence-electron chi connectivity index (χ0n) is 6.57. The maximum Gasteiger partial charge on any atom is 0.173 e. The summed E-state index contributed by atoms with van der Waals surface area (Å²) in [6, 6.07) is -0.185. The molecule has 2 N–H and O–H groups in total. The molecule has 0 aromatic heterocycles. The number of rotatable bonds is 1. The van der Waals surface area contributed by atoms with Crippen LogP contribution in [0.4, 0.5) is 0 Å². The maximum absolute atomic E-state index is 10.9. The first-order valence-electron chi connectivity index (χ1n) is 3.43.